The third kappa shape index (κ3) is 6.07. The highest BCUT2D eigenvalue weighted by molar-refractivity contribution is 5.30. The molecular formula is C18H29N. The molecule has 0 spiro atoms. The molecule has 1 nitrogen and oxygen atoms in total. The Kier molecular flexibility index (Phi) is 7.50. The molecule has 1 N–H and O–H groups in total. The van der Waals surface area contributed by atoms with Crippen LogP contribution in [0.2, 0.25) is 0 Å². The van der Waals surface area contributed by atoms with Crippen LogP contribution in [-0.2, 0) is 6.42 Å². The summed E-state index contributed by atoms with van der Waals surface area (Å²) in [4.78, 5) is 0. The van der Waals surface area contributed by atoms with E-state index in [4.69, 9.17) is 0 Å². The SMILES string of the molecule is C=CCCCCCC(Cc1ccc(C)c(C)c1)NC. The Morgan fingerprint density at radius 3 is 2.58 bits per heavy atom. The molecular weight excluding hydrogens is 230 g/mol. The average Bonchev–Trinajstić information content (AvgIpc) is 2.41. The molecule has 19 heavy (non-hydrogen) atoms. The molecule has 0 aromatic heterocycles. The smallest absolute Gasteiger partial charge is 0.0104 e. The van der Waals surface area contributed by atoms with Crippen LogP contribution in [0, 0.1) is 13.8 Å². The van der Waals surface area contributed by atoms with Gasteiger partial charge >= 0.3 is 0 Å². The molecule has 0 radical (unpaired) electrons. The van der Waals surface area contributed by atoms with Gasteiger partial charge in [-0.1, -0.05) is 37.1 Å². The fraction of sp³-hybridized carbons (Fsp3) is 0.556. The lowest BCUT2D eigenvalue weighted by Gasteiger charge is -2.17. The largest absolute Gasteiger partial charge is 0.317 e. The molecule has 1 aromatic carbocycles. The number of hydrogen-bond donors (Lipinski definition) is 1. The Hall–Kier alpha value is -1.08. The second-order valence-electron chi connectivity index (χ2n) is 5.54. The Labute approximate surface area is 119 Å². The van der Waals surface area contributed by atoms with Gasteiger partial charge in [-0.3, -0.25) is 0 Å². The summed E-state index contributed by atoms with van der Waals surface area (Å²) in [5.74, 6) is 0. The zero-order chi connectivity index (χ0) is 14.1. The average molecular weight is 259 g/mol. The molecule has 0 aliphatic rings. The summed E-state index contributed by atoms with van der Waals surface area (Å²) in [6, 6.07) is 7.44. The first kappa shape index (κ1) is 16.0. The van der Waals surface area contributed by atoms with Gasteiger partial charge in [-0.25, -0.2) is 0 Å². The highest BCUT2D eigenvalue weighted by atomic mass is 14.9. The molecule has 0 aliphatic heterocycles. The van der Waals surface area contributed by atoms with Gasteiger partial charge in [0.15, 0.2) is 0 Å². The van der Waals surface area contributed by atoms with Crippen molar-refractivity contribution in [1.82, 2.24) is 5.32 Å². The number of rotatable bonds is 9. The predicted molar refractivity (Wildman–Crippen MR) is 85.7 cm³/mol. The van der Waals surface area contributed by atoms with E-state index < -0.39 is 0 Å². The number of nitrogens with one attached hydrogen (secondary N) is 1. The minimum absolute atomic E-state index is 0.603. The second kappa shape index (κ2) is 8.92. The molecule has 1 rings (SSSR count). The summed E-state index contributed by atoms with van der Waals surface area (Å²) in [6.45, 7) is 8.14. The zero-order valence-corrected chi connectivity index (χ0v) is 12.8. The molecule has 106 valence electrons. The van der Waals surface area contributed by atoms with Gasteiger partial charge in [0.05, 0.1) is 0 Å². The van der Waals surface area contributed by atoms with E-state index in [9.17, 15) is 0 Å². The van der Waals surface area contributed by atoms with E-state index in [0.29, 0.717) is 6.04 Å². The molecule has 0 fully saturated rings. The fourth-order valence-electron chi connectivity index (χ4n) is 2.42. The quantitative estimate of drug-likeness (QED) is 0.506. The van der Waals surface area contributed by atoms with Crippen LogP contribution in [0.15, 0.2) is 30.9 Å². The number of allylic oxidation sites excluding steroid dienone is 1. The predicted octanol–water partition coefficient (Wildman–Crippen LogP) is 4.57. The van der Waals surface area contributed by atoms with Gasteiger partial charge in [0.25, 0.3) is 0 Å². The summed E-state index contributed by atoms with van der Waals surface area (Å²) >= 11 is 0. The lowest BCUT2D eigenvalue weighted by Crippen LogP contribution is -2.27. The number of benzene rings is 1. The van der Waals surface area contributed by atoms with Crippen LogP contribution in [0.25, 0.3) is 0 Å². The second-order valence-corrected chi connectivity index (χ2v) is 5.54. The lowest BCUT2D eigenvalue weighted by molar-refractivity contribution is 0.487. The monoisotopic (exact) mass is 259 g/mol. The van der Waals surface area contributed by atoms with Crippen molar-refractivity contribution in [2.75, 3.05) is 7.05 Å². The first-order chi connectivity index (χ1) is 9.17. The molecule has 1 unspecified atom stereocenters. The normalized spacial score (nSPS) is 12.4. The van der Waals surface area contributed by atoms with E-state index in [0.717, 1.165) is 12.8 Å². The van der Waals surface area contributed by atoms with Crippen molar-refractivity contribution >= 4 is 0 Å². The summed E-state index contributed by atoms with van der Waals surface area (Å²) in [5, 5.41) is 3.46. The summed E-state index contributed by atoms with van der Waals surface area (Å²) in [5.41, 5.74) is 4.24. The minimum Gasteiger partial charge on any atom is -0.317 e. The van der Waals surface area contributed by atoms with E-state index >= 15 is 0 Å². The Balaban J connectivity index is 2.38. The molecule has 0 aliphatic carbocycles. The van der Waals surface area contributed by atoms with Crippen molar-refractivity contribution < 1.29 is 0 Å². The number of hydrogen-bond acceptors (Lipinski definition) is 1. The van der Waals surface area contributed by atoms with Crippen molar-refractivity contribution in [2.45, 2.75) is 58.4 Å². The fourth-order valence-corrected chi connectivity index (χ4v) is 2.42. The van der Waals surface area contributed by atoms with Gasteiger partial charge < -0.3 is 5.32 Å². The molecule has 0 amide bonds. The van der Waals surface area contributed by atoms with Crippen LogP contribution in [0.3, 0.4) is 0 Å². The summed E-state index contributed by atoms with van der Waals surface area (Å²) in [6.07, 6.45) is 9.48. The van der Waals surface area contributed by atoms with Gasteiger partial charge in [-0.15, -0.1) is 6.58 Å². The van der Waals surface area contributed by atoms with E-state index in [1.54, 1.807) is 0 Å². The van der Waals surface area contributed by atoms with Crippen LogP contribution < -0.4 is 5.32 Å². The topological polar surface area (TPSA) is 12.0 Å². The van der Waals surface area contributed by atoms with E-state index in [1.165, 1.54) is 42.4 Å². The van der Waals surface area contributed by atoms with Crippen LogP contribution in [0.4, 0.5) is 0 Å². The van der Waals surface area contributed by atoms with Gasteiger partial charge in [0.2, 0.25) is 0 Å². The van der Waals surface area contributed by atoms with Crippen molar-refractivity contribution in [2.24, 2.45) is 0 Å². The van der Waals surface area contributed by atoms with Crippen molar-refractivity contribution in [3.63, 3.8) is 0 Å². The maximum absolute atomic E-state index is 3.77. The number of aryl methyl sites for hydroxylation is 2. The van der Waals surface area contributed by atoms with Gasteiger partial charge in [-0.05, 0) is 63.3 Å². The zero-order valence-electron chi connectivity index (χ0n) is 12.8. The third-order valence-electron chi connectivity index (χ3n) is 3.92. The Morgan fingerprint density at radius 1 is 1.16 bits per heavy atom. The summed E-state index contributed by atoms with van der Waals surface area (Å²) in [7, 11) is 2.08. The molecule has 0 saturated heterocycles. The molecule has 0 bridgehead atoms. The van der Waals surface area contributed by atoms with Gasteiger partial charge in [0, 0.05) is 6.04 Å². The molecule has 1 heteroatoms. The van der Waals surface area contributed by atoms with Crippen molar-refractivity contribution in [3.05, 3.63) is 47.5 Å². The maximum atomic E-state index is 3.77. The van der Waals surface area contributed by atoms with E-state index in [1.807, 2.05) is 6.08 Å². The molecule has 1 aromatic rings. The van der Waals surface area contributed by atoms with Gasteiger partial charge in [-0.2, -0.15) is 0 Å². The van der Waals surface area contributed by atoms with Crippen molar-refractivity contribution in [3.8, 4) is 0 Å². The highest BCUT2D eigenvalue weighted by Crippen LogP contribution is 2.14. The van der Waals surface area contributed by atoms with Crippen LogP contribution in [0.5, 0.6) is 0 Å². The number of unbranched alkanes of at least 4 members (excludes halogenated alkanes) is 3. The van der Waals surface area contributed by atoms with Crippen LogP contribution in [0.1, 0.15) is 48.8 Å². The first-order valence-corrected chi connectivity index (χ1v) is 7.51. The first-order valence-electron chi connectivity index (χ1n) is 7.51. The third-order valence-corrected chi connectivity index (χ3v) is 3.92. The standard InChI is InChI=1S/C18H29N/c1-5-6-7-8-9-10-18(19-4)14-17-12-11-15(2)16(3)13-17/h5,11-13,18-19H,1,6-10,14H2,2-4H3. The summed E-state index contributed by atoms with van der Waals surface area (Å²) < 4.78 is 0. The Morgan fingerprint density at radius 2 is 1.95 bits per heavy atom. The molecule has 1 atom stereocenters. The number of likely N-dealkylation sites (N-methyl/N-ethyl adjacent to an activating group) is 1. The van der Waals surface area contributed by atoms with Crippen LogP contribution in [-0.4, -0.2) is 13.1 Å². The molecule has 0 heterocycles. The van der Waals surface area contributed by atoms with Crippen LogP contribution >= 0.6 is 0 Å². The van der Waals surface area contributed by atoms with Gasteiger partial charge in [0.1, 0.15) is 0 Å². The van der Waals surface area contributed by atoms with E-state index in [-0.39, 0.29) is 0 Å². The highest BCUT2D eigenvalue weighted by Gasteiger charge is 2.07. The molecule has 0 saturated carbocycles. The van der Waals surface area contributed by atoms with E-state index in [2.05, 4.69) is 51.0 Å². The van der Waals surface area contributed by atoms with Crippen molar-refractivity contribution in [1.29, 1.82) is 0 Å². The maximum Gasteiger partial charge on any atom is 0.0104 e. The minimum atomic E-state index is 0.603. The lowest BCUT2D eigenvalue weighted by atomic mass is 9.97. The Bertz CT molecular complexity index is 381.